The van der Waals surface area contributed by atoms with Crippen LogP contribution in [-0.4, -0.2) is 14.8 Å². The first-order chi connectivity index (χ1) is 7.25. The number of benzene rings is 1. The van der Waals surface area contributed by atoms with Gasteiger partial charge in [0.25, 0.3) is 0 Å². The van der Waals surface area contributed by atoms with Gasteiger partial charge in [-0.1, -0.05) is 30.3 Å². The zero-order chi connectivity index (χ0) is 10.7. The second-order valence-corrected chi connectivity index (χ2v) is 4.10. The van der Waals surface area contributed by atoms with Gasteiger partial charge >= 0.3 is 0 Å². The van der Waals surface area contributed by atoms with Crippen molar-refractivity contribution >= 4 is 32.9 Å². The van der Waals surface area contributed by atoms with Crippen molar-refractivity contribution in [2.24, 2.45) is 0 Å². The minimum atomic E-state index is 0. The Morgan fingerprint density at radius 2 is 1.94 bits per heavy atom. The van der Waals surface area contributed by atoms with Gasteiger partial charge in [0.1, 0.15) is 5.82 Å². The molecular weight excluding hydrogens is 334 g/mol. The molecule has 0 atom stereocenters. The second kappa shape index (κ2) is 6.15. The van der Waals surface area contributed by atoms with E-state index in [1.165, 1.54) is 5.56 Å². The molecule has 0 aliphatic heterocycles. The van der Waals surface area contributed by atoms with Gasteiger partial charge in [-0.25, -0.2) is 9.67 Å². The molecule has 86 valence electrons. The Balaban J connectivity index is 0.00000128. The average Bonchev–Trinajstić information content (AvgIpc) is 2.56. The van der Waals surface area contributed by atoms with Crippen molar-refractivity contribution in [2.75, 3.05) is 0 Å². The number of aromatic nitrogens is 3. The number of rotatable bonds is 3. The summed E-state index contributed by atoms with van der Waals surface area (Å²) in [6, 6.07) is 10.4. The highest BCUT2D eigenvalue weighted by atomic mass is 79.9. The van der Waals surface area contributed by atoms with E-state index in [1.54, 1.807) is 0 Å². The lowest BCUT2D eigenvalue weighted by atomic mass is 10.1. The van der Waals surface area contributed by atoms with Gasteiger partial charge in [-0.3, -0.25) is 0 Å². The van der Waals surface area contributed by atoms with E-state index in [-0.39, 0.29) is 17.0 Å². The standard InChI is InChI=1S/C11H12BrN3.BrH/c1-9-13-11(12)14-15(9)8-7-10-5-3-2-4-6-10;/h2-6H,7-8H2,1H3;1H. The van der Waals surface area contributed by atoms with Crippen LogP contribution in [0.3, 0.4) is 0 Å². The molecule has 0 radical (unpaired) electrons. The quantitative estimate of drug-likeness (QED) is 0.854. The van der Waals surface area contributed by atoms with Gasteiger partial charge in [0.2, 0.25) is 4.73 Å². The van der Waals surface area contributed by atoms with E-state index >= 15 is 0 Å². The van der Waals surface area contributed by atoms with Crippen LogP contribution in [0.2, 0.25) is 0 Å². The Morgan fingerprint density at radius 1 is 1.25 bits per heavy atom. The lowest BCUT2D eigenvalue weighted by Gasteiger charge is -2.02. The van der Waals surface area contributed by atoms with Crippen LogP contribution in [0.15, 0.2) is 35.1 Å². The zero-order valence-corrected chi connectivity index (χ0v) is 12.2. The monoisotopic (exact) mass is 345 g/mol. The fraction of sp³-hybridized carbons (Fsp3) is 0.273. The van der Waals surface area contributed by atoms with Crippen LogP contribution >= 0.6 is 32.9 Å². The van der Waals surface area contributed by atoms with Gasteiger partial charge in [0, 0.05) is 6.54 Å². The molecule has 0 spiro atoms. The topological polar surface area (TPSA) is 30.7 Å². The summed E-state index contributed by atoms with van der Waals surface area (Å²) in [4.78, 5) is 4.19. The first kappa shape index (κ1) is 13.4. The number of aryl methyl sites for hydroxylation is 3. The van der Waals surface area contributed by atoms with Gasteiger partial charge in [0.15, 0.2) is 0 Å². The molecule has 0 fully saturated rings. The van der Waals surface area contributed by atoms with Crippen molar-refractivity contribution in [3.05, 3.63) is 46.5 Å². The number of hydrogen-bond donors (Lipinski definition) is 0. The summed E-state index contributed by atoms with van der Waals surface area (Å²) in [5.41, 5.74) is 1.32. The van der Waals surface area contributed by atoms with Crippen LogP contribution in [0.5, 0.6) is 0 Å². The molecule has 0 bridgehead atoms. The summed E-state index contributed by atoms with van der Waals surface area (Å²) < 4.78 is 2.57. The Morgan fingerprint density at radius 3 is 2.50 bits per heavy atom. The summed E-state index contributed by atoms with van der Waals surface area (Å²) in [5, 5.41) is 4.25. The molecule has 0 saturated heterocycles. The lowest BCUT2D eigenvalue weighted by Crippen LogP contribution is -2.05. The van der Waals surface area contributed by atoms with Crippen LogP contribution in [0.4, 0.5) is 0 Å². The van der Waals surface area contributed by atoms with Gasteiger partial charge in [-0.2, -0.15) is 0 Å². The molecule has 16 heavy (non-hydrogen) atoms. The molecule has 2 aromatic rings. The fourth-order valence-electron chi connectivity index (χ4n) is 1.48. The summed E-state index contributed by atoms with van der Waals surface area (Å²) in [5.74, 6) is 0.942. The predicted molar refractivity (Wildman–Crippen MR) is 72.9 cm³/mol. The van der Waals surface area contributed by atoms with Crippen molar-refractivity contribution in [3.8, 4) is 0 Å². The van der Waals surface area contributed by atoms with E-state index in [2.05, 4.69) is 50.3 Å². The Bertz CT molecular complexity index is 440. The average molecular weight is 347 g/mol. The third-order valence-electron chi connectivity index (χ3n) is 2.29. The highest BCUT2D eigenvalue weighted by Gasteiger charge is 2.02. The van der Waals surface area contributed by atoms with E-state index < -0.39 is 0 Å². The molecule has 3 nitrogen and oxygen atoms in total. The van der Waals surface area contributed by atoms with E-state index in [0.717, 1.165) is 18.8 Å². The number of nitrogens with zero attached hydrogens (tertiary/aromatic N) is 3. The van der Waals surface area contributed by atoms with Crippen LogP contribution < -0.4 is 0 Å². The van der Waals surface area contributed by atoms with E-state index in [9.17, 15) is 0 Å². The highest BCUT2D eigenvalue weighted by molar-refractivity contribution is 9.10. The second-order valence-electron chi connectivity index (χ2n) is 3.39. The van der Waals surface area contributed by atoms with Crippen molar-refractivity contribution in [1.82, 2.24) is 14.8 Å². The molecule has 0 aliphatic carbocycles. The van der Waals surface area contributed by atoms with Gasteiger partial charge in [0.05, 0.1) is 0 Å². The maximum absolute atomic E-state index is 4.25. The molecule has 0 amide bonds. The van der Waals surface area contributed by atoms with Crippen LogP contribution in [0.1, 0.15) is 11.4 Å². The smallest absolute Gasteiger partial charge is 0.217 e. The minimum Gasteiger partial charge on any atom is -0.249 e. The third kappa shape index (κ3) is 3.42. The third-order valence-corrected chi connectivity index (χ3v) is 2.62. The van der Waals surface area contributed by atoms with Crippen LogP contribution in [0.25, 0.3) is 0 Å². The fourth-order valence-corrected chi connectivity index (χ4v) is 1.93. The summed E-state index contributed by atoms with van der Waals surface area (Å²) in [6.45, 7) is 2.83. The molecule has 0 unspecified atom stereocenters. The van der Waals surface area contributed by atoms with Crippen LogP contribution in [-0.2, 0) is 13.0 Å². The number of halogens is 2. The first-order valence-electron chi connectivity index (χ1n) is 4.86. The van der Waals surface area contributed by atoms with Crippen molar-refractivity contribution in [1.29, 1.82) is 0 Å². The summed E-state index contributed by atoms with van der Waals surface area (Å²) >= 11 is 3.27. The largest absolute Gasteiger partial charge is 0.249 e. The van der Waals surface area contributed by atoms with Crippen molar-refractivity contribution < 1.29 is 0 Å². The molecule has 0 saturated carbocycles. The van der Waals surface area contributed by atoms with E-state index in [1.807, 2.05) is 17.7 Å². The molecular formula is C11H13Br2N3. The molecule has 0 aliphatic rings. The normalized spacial score (nSPS) is 9.88. The molecule has 1 aromatic carbocycles. The summed E-state index contributed by atoms with van der Waals surface area (Å²) in [6.07, 6.45) is 0.984. The van der Waals surface area contributed by atoms with Gasteiger partial charge in [-0.15, -0.1) is 22.1 Å². The first-order valence-corrected chi connectivity index (χ1v) is 5.66. The van der Waals surface area contributed by atoms with E-state index in [0.29, 0.717) is 4.73 Å². The molecule has 5 heteroatoms. The summed E-state index contributed by atoms with van der Waals surface area (Å²) in [7, 11) is 0. The van der Waals surface area contributed by atoms with E-state index in [4.69, 9.17) is 0 Å². The van der Waals surface area contributed by atoms with Gasteiger partial charge in [-0.05, 0) is 34.8 Å². The van der Waals surface area contributed by atoms with Gasteiger partial charge < -0.3 is 0 Å². The Kier molecular flexibility index (Phi) is 5.15. The highest BCUT2D eigenvalue weighted by Crippen LogP contribution is 2.06. The predicted octanol–water partition coefficient (Wildman–Crippen LogP) is 3.17. The maximum Gasteiger partial charge on any atom is 0.217 e. The van der Waals surface area contributed by atoms with Crippen LogP contribution in [0, 0.1) is 6.92 Å². The zero-order valence-electron chi connectivity index (χ0n) is 8.93. The SMILES string of the molecule is Br.Cc1nc(Br)nn1CCc1ccccc1. The molecule has 0 N–H and O–H groups in total. The lowest BCUT2D eigenvalue weighted by molar-refractivity contribution is 0.592. The molecule has 1 heterocycles. The molecule has 2 rings (SSSR count). The Labute approximate surface area is 114 Å². The number of hydrogen-bond acceptors (Lipinski definition) is 2. The Hall–Kier alpha value is -0.680. The maximum atomic E-state index is 4.25. The molecule has 1 aromatic heterocycles. The van der Waals surface area contributed by atoms with Crippen molar-refractivity contribution in [3.63, 3.8) is 0 Å². The minimum absolute atomic E-state index is 0. The van der Waals surface area contributed by atoms with Crippen molar-refractivity contribution in [2.45, 2.75) is 19.9 Å².